The first-order valence-corrected chi connectivity index (χ1v) is 8.37. The number of hydrogen-bond donors (Lipinski definition) is 2. The highest BCUT2D eigenvalue weighted by Crippen LogP contribution is 2.38. The van der Waals surface area contributed by atoms with Crippen molar-refractivity contribution in [2.24, 2.45) is 11.8 Å². The lowest BCUT2D eigenvalue weighted by molar-refractivity contribution is -0.117. The third-order valence-corrected chi connectivity index (χ3v) is 4.61. The SMILES string of the molecule is N#Cc1ccccc1-c1cc2cc(NC(=O)[C@H]3C[C@@H]3C#N)ncc2c(N)n1. The summed E-state index contributed by atoms with van der Waals surface area (Å²) >= 11 is 0. The third kappa shape index (κ3) is 3.03. The number of benzene rings is 1. The van der Waals surface area contributed by atoms with Crippen LogP contribution in [0, 0.1) is 34.5 Å². The number of hydrogen-bond acceptors (Lipinski definition) is 6. The number of nitrogens with one attached hydrogen (secondary N) is 1. The first-order chi connectivity index (χ1) is 13.1. The molecule has 0 saturated heterocycles. The number of rotatable bonds is 3. The summed E-state index contributed by atoms with van der Waals surface area (Å²) in [4.78, 5) is 20.8. The van der Waals surface area contributed by atoms with Crippen LogP contribution in [0.2, 0.25) is 0 Å². The van der Waals surface area contributed by atoms with E-state index < -0.39 is 0 Å². The molecule has 2 atom stereocenters. The van der Waals surface area contributed by atoms with Crippen LogP contribution in [0.3, 0.4) is 0 Å². The van der Waals surface area contributed by atoms with Gasteiger partial charge in [-0.05, 0) is 30.0 Å². The highest BCUT2D eigenvalue weighted by Gasteiger charge is 2.43. The van der Waals surface area contributed by atoms with Crippen molar-refractivity contribution in [2.75, 3.05) is 11.1 Å². The molecule has 1 aliphatic carbocycles. The van der Waals surface area contributed by atoms with Crippen molar-refractivity contribution in [1.29, 1.82) is 10.5 Å². The van der Waals surface area contributed by atoms with Gasteiger partial charge in [-0.25, -0.2) is 9.97 Å². The molecule has 2 heterocycles. The Morgan fingerprint density at radius 3 is 2.81 bits per heavy atom. The van der Waals surface area contributed by atoms with Crippen molar-refractivity contribution in [2.45, 2.75) is 6.42 Å². The number of nitrogen functional groups attached to an aromatic ring is 1. The van der Waals surface area contributed by atoms with Crippen LogP contribution in [0.1, 0.15) is 12.0 Å². The zero-order valence-corrected chi connectivity index (χ0v) is 14.2. The summed E-state index contributed by atoms with van der Waals surface area (Å²) < 4.78 is 0. The van der Waals surface area contributed by atoms with E-state index in [2.05, 4.69) is 27.4 Å². The fourth-order valence-corrected chi connectivity index (χ4v) is 3.03. The van der Waals surface area contributed by atoms with Gasteiger partial charge in [0.1, 0.15) is 11.6 Å². The first kappa shape index (κ1) is 16.5. The summed E-state index contributed by atoms with van der Waals surface area (Å²) in [5.41, 5.74) is 7.84. The number of anilines is 2. The summed E-state index contributed by atoms with van der Waals surface area (Å²) in [6, 6.07) is 14.9. The maximum Gasteiger partial charge on any atom is 0.230 e. The number of pyridine rings is 2. The Balaban J connectivity index is 1.72. The van der Waals surface area contributed by atoms with Crippen LogP contribution in [-0.2, 0) is 4.79 Å². The molecule has 0 aliphatic heterocycles. The summed E-state index contributed by atoms with van der Waals surface area (Å²) in [6.07, 6.45) is 2.14. The van der Waals surface area contributed by atoms with Gasteiger partial charge >= 0.3 is 0 Å². The molecule has 4 rings (SSSR count). The largest absolute Gasteiger partial charge is 0.383 e. The highest BCUT2D eigenvalue weighted by atomic mass is 16.2. The molecule has 0 radical (unpaired) electrons. The monoisotopic (exact) mass is 354 g/mol. The molecule has 1 saturated carbocycles. The minimum absolute atomic E-state index is 0.203. The van der Waals surface area contributed by atoms with Crippen LogP contribution in [0.25, 0.3) is 22.0 Å². The third-order valence-electron chi connectivity index (χ3n) is 4.61. The first-order valence-electron chi connectivity index (χ1n) is 8.37. The standard InChI is InChI=1S/C20H14N6O/c21-8-11-3-1-2-4-14(11)17-6-12-7-18(24-10-16(12)19(23)25-17)26-20(27)15-5-13(15)9-22/h1-4,6-7,10,13,15H,5H2,(H2,23,25)(H,24,26,27)/t13-,15+/m1/s1. The van der Waals surface area contributed by atoms with E-state index in [0.29, 0.717) is 40.3 Å². The topological polar surface area (TPSA) is 128 Å². The smallest absolute Gasteiger partial charge is 0.230 e. The van der Waals surface area contributed by atoms with E-state index in [1.807, 2.05) is 18.2 Å². The number of fused-ring (bicyclic) bond motifs is 1. The fraction of sp³-hybridized carbons (Fsp3) is 0.150. The quantitative estimate of drug-likeness (QED) is 0.744. The molecule has 7 heteroatoms. The molecule has 7 nitrogen and oxygen atoms in total. The average Bonchev–Trinajstić information content (AvgIpc) is 3.47. The zero-order chi connectivity index (χ0) is 19.0. The number of nitriles is 2. The molecule has 0 unspecified atom stereocenters. The molecule has 3 aromatic rings. The molecule has 2 aromatic heterocycles. The Hall–Kier alpha value is -3.97. The molecule has 0 bridgehead atoms. The lowest BCUT2D eigenvalue weighted by Gasteiger charge is -2.09. The Morgan fingerprint density at radius 1 is 1.26 bits per heavy atom. The summed E-state index contributed by atoms with van der Waals surface area (Å²) in [6.45, 7) is 0. The van der Waals surface area contributed by atoms with Crippen molar-refractivity contribution >= 4 is 28.3 Å². The number of nitrogens with zero attached hydrogens (tertiary/aromatic N) is 4. The summed E-state index contributed by atoms with van der Waals surface area (Å²) in [7, 11) is 0. The van der Waals surface area contributed by atoms with Crippen molar-refractivity contribution in [3.05, 3.63) is 48.2 Å². The van der Waals surface area contributed by atoms with Crippen molar-refractivity contribution in [3.8, 4) is 23.4 Å². The minimum Gasteiger partial charge on any atom is -0.383 e. The van der Waals surface area contributed by atoms with Gasteiger partial charge in [0.25, 0.3) is 0 Å². The molecule has 1 aromatic carbocycles. The predicted molar refractivity (Wildman–Crippen MR) is 99.9 cm³/mol. The van der Waals surface area contributed by atoms with E-state index in [-0.39, 0.29) is 17.7 Å². The number of aromatic nitrogens is 2. The molecule has 27 heavy (non-hydrogen) atoms. The van der Waals surface area contributed by atoms with Crippen LogP contribution < -0.4 is 11.1 Å². The Labute approximate surface area is 155 Å². The van der Waals surface area contributed by atoms with Crippen molar-refractivity contribution < 1.29 is 4.79 Å². The van der Waals surface area contributed by atoms with Crippen LogP contribution in [0.5, 0.6) is 0 Å². The van der Waals surface area contributed by atoms with Crippen molar-refractivity contribution in [1.82, 2.24) is 9.97 Å². The molecular weight excluding hydrogens is 340 g/mol. The second-order valence-corrected chi connectivity index (χ2v) is 6.41. The van der Waals surface area contributed by atoms with E-state index in [1.54, 1.807) is 24.4 Å². The number of carbonyl (C=O) groups excluding carboxylic acids is 1. The number of carbonyl (C=O) groups is 1. The molecule has 0 spiro atoms. The number of amides is 1. The maximum absolute atomic E-state index is 12.1. The van der Waals surface area contributed by atoms with Gasteiger partial charge in [0, 0.05) is 17.1 Å². The van der Waals surface area contributed by atoms with Crippen LogP contribution in [-0.4, -0.2) is 15.9 Å². The van der Waals surface area contributed by atoms with Gasteiger partial charge in [-0.15, -0.1) is 0 Å². The van der Waals surface area contributed by atoms with E-state index in [4.69, 9.17) is 11.0 Å². The van der Waals surface area contributed by atoms with Gasteiger partial charge in [-0.3, -0.25) is 4.79 Å². The Morgan fingerprint density at radius 2 is 2.07 bits per heavy atom. The van der Waals surface area contributed by atoms with Gasteiger partial charge in [0.2, 0.25) is 5.91 Å². The van der Waals surface area contributed by atoms with Crippen molar-refractivity contribution in [3.63, 3.8) is 0 Å². The zero-order valence-electron chi connectivity index (χ0n) is 14.2. The van der Waals surface area contributed by atoms with Gasteiger partial charge < -0.3 is 11.1 Å². The summed E-state index contributed by atoms with van der Waals surface area (Å²) in [5.74, 6) is 0.00602. The number of nitrogens with two attached hydrogens (primary N) is 1. The maximum atomic E-state index is 12.1. The lowest BCUT2D eigenvalue weighted by atomic mass is 10.0. The van der Waals surface area contributed by atoms with Crippen LogP contribution in [0.4, 0.5) is 11.6 Å². The van der Waals surface area contributed by atoms with Crippen LogP contribution >= 0.6 is 0 Å². The van der Waals surface area contributed by atoms with E-state index >= 15 is 0 Å². The normalized spacial score (nSPS) is 17.7. The van der Waals surface area contributed by atoms with E-state index in [9.17, 15) is 10.1 Å². The van der Waals surface area contributed by atoms with Crippen LogP contribution in [0.15, 0.2) is 42.6 Å². The molecule has 130 valence electrons. The minimum atomic E-state index is -0.270. The van der Waals surface area contributed by atoms with E-state index in [1.165, 1.54) is 0 Å². The Bertz CT molecular complexity index is 1160. The lowest BCUT2D eigenvalue weighted by Crippen LogP contribution is -2.15. The second kappa shape index (κ2) is 6.40. The average molecular weight is 354 g/mol. The predicted octanol–water partition coefficient (Wildman–Crippen LogP) is 2.85. The van der Waals surface area contributed by atoms with E-state index in [0.717, 1.165) is 5.39 Å². The molecular formula is C20H14N6O. The molecule has 1 fully saturated rings. The molecule has 3 N–H and O–H groups in total. The van der Waals surface area contributed by atoms with Gasteiger partial charge in [0.05, 0.1) is 35.2 Å². The second-order valence-electron chi connectivity index (χ2n) is 6.41. The van der Waals surface area contributed by atoms with Gasteiger partial charge in [0.15, 0.2) is 0 Å². The summed E-state index contributed by atoms with van der Waals surface area (Å²) in [5, 5.41) is 22.3. The van der Waals surface area contributed by atoms with Gasteiger partial charge in [-0.2, -0.15) is 10.5 Å². The van der Waals surface area contributed by atoms with Gasteiger partial charge in [-0.1, -0.05) is 18.2 Å². The molecule has 1 aliphatic rings. The fourth-order valence-electron chi connectivity index (χ4n) is 3.03. The highest BCUT2D eigenvalue weighted by molar-refractivity contribution is 5.98. The Kier molecular flexibility index (Phi) is 3.91. The molecule has 1 amide bonds.